The summed E-state index contributed by atoms with van der Waals surface area (Å²) in [6.45, 7) is 1.16. The molecule has 1 aromatic carbocycles. The van der Waals surface area contributed by atoms with Crippen LogP contribution in [0.3, 0.4) is 0 Å². The third kappa shape index (κ3) is 3.41. The Kier molecular flexibility index (Phi) is 4.34. The second-order valence-corrected chi connectivity index (χ2v) is 6.17. The highest BCUT2D eigenvalue weighted by Crippen LogP contribution is 2.28. The molecule has 4 rings (SSSR count). The quantitative estimate of drug-likeness (QED) is 0.751. The number of aromatic amines is 1. The summed E-state index contributed by atoms with van der Waals surface area (Å²) in [6.07, 6.45) is 4.87. The normalized spacial score (nSPS) is 17.3. The number of likely N-dealkylation sites (tertiary alicyclic amines) is 1. The molecule has 0 radical (unpaired) electrons. The summed E-state index contributed by atoms with van der Waals surface area (Å²) >= 11 is 0. The molecule has 1 aliphatic rings. The summed E-state index contributed by atoms with van der Waals surface area (Å²) in [7, 11) is 0. The van der Waals surface area contributed by atoms with Gasteiger partial charge >= 0.3 is 6.03 Å². The van der Waals surface area contributed by atoms with E-state index in [-0.39, 0.29) is 17.8 Å². The van der Waals surface area contributed by atoms with Crippen LogP contribution in [0, 0.1) is 5.82 Å². The predicted molar refractivity (Wildman–Crippen MR) is 90.8 cm³/mol. The number of piperidine rings is 1. The van der Waals surface area contributed by atoms with E-state index in [4.69, 9.17) is 4.52 Å². The van der Waals surface area contributed by atoms with Crippen molar-refractivity contribution in [3.8, 4) is 11.4 Å². The molecule has 3 heterocycles. The fourth-order valence-electron chi connectivity index (χ4n) is 3.00. The molecule has 0 bridgehead atoms. The second-order valence-electron chi connectivity index (χ2n) is 6.17. The molecule has 1 fully saturated rings. The minimum atomic E-state index is -0.316. The van der Waals surface area contributed by atoms with Crippen molar-refractivity contribution in [1.82, 2.24) is 25.2 Å². The maximum atomic E-state index is 13.0. The van der Waals surface area contributed by atoms with Gasteiger partial charge in [0.1, 0.15) is 5.82 Å². The first kappa shape index (κ1) is 16.2. The Morgan fingerprint density at radius 1 is 1.35 bits per heavy atom. The monoisotopic (exact) mass is 356 g/mol. The lowest BCUT2D eigenvalue weighted by Crippen LogP contribution is -2.41. The van der Waals surface area contributed by atoms with E-state index in [0.717, 1.165) is 12.8 Å². The van der Waals surface area contributed by atoms with Gasteiger partial charge in [0.15, 0.2) is 0 Å². The average Bonchev–Trinajstić information content (AvgIpc) is 3.34. The van der Waals surface area contributed by atoms with Gasteiger partial charge in [-0.2, -0.15) is 10.1 Å². The number of amides is 2. The third-order valence-electron chi connectivity index (χ3n) is 4.35. The number of benzene rings is 1. The van der Waals surface area contributed by atoms with E-state index >= 15 is 0 Å². The van der Waals surface area contributed by atoms with E-state index in [1.165, 1.54) is 12.1 Å². The average molecular weight is 356 g/mol. The number of hydrogen-bond acceptors (Lipinski definition) is 5. The highest BCUT2D eigenvalue weighted by Gasteiger charge is 2.29. The maximum Gasteiger partial charge on any atom is 0.321 e. The zero-order valence-electron chi connectivity index (χ0n) is 13.9. The minimum Gasteiger partial charge on any atom is -0.339 e. The molecule has 1 atom stereocenters. The van der Waals surface area contributed by atoms with Crippen molar-refractivity contribution in [2.24, 2.45) is 0 Å². The molecule has 26 heavy (non-hydrogen) atoms. The Morgan fingerprint density at radius 2 is 2.19 bits per heavy atom. The number of rotatable bonds is 3. The van der Waals surface area contributed by atoms with Gasteiger partial charge in [-0.05, 0) is 37.1 Å². The smallest absolute Gasteiger partial charge is 0.321 e. The van der Waals surface area contributed by atoms with Gasteiger partial charge in [-0.3, -0.25) is 5.10 Å². The van der Waals surface area contributed by atoms with Crippen LogP contribution in [-0.2, 0) is 0 Å². The Morgan fingerprint density at radius 3 is 2.96 bits per heavy atom. The minimum absolute atomic E-state index is 0.0273. The highest BCUT2D eigenvalue weighted by molar-refractivity contribution is 5.89. The van der Waals surface area contributed by atoms with Crippen LogP contribution in [0.5, 0.6) is 0 Å². The Balaban J connectivity index is 1.44. The van der Waals surface area contributed by atoms with Crippen molar-refractivity contribution in [1.29, 1.82) is 0 Å². The molecule has 0 spiro atoms. The summed E-state index contributed by atoms with van der Waals surface area (Å²) in [5.41, 5.74) is 1.31. The van der Waals surface area contributed by atoms with Crippen LogP contribution in [0.15, 0.2) is 41.2 Å². The number of H-pyrrole nitrogens is 1. The van der Waals surface area contributed by atoms with Gasteiger partial charge in [0.25, 0.3) is 0 Å². The zero-order chi connectivity index (χ0) is 17.9. The van der Waals surface area contributed by atoms with Crippen LogP contribution in [0.4, 0.5) is 14.9 Å². The number of anilines is 1. The molecule has 2 N–H and O–H groups in total. The van der Waals surface area contributed by atoms with E-state index in [0.29, 0.717) is 36.1 Å². The number of urea groups is 1. The lowest BCUT2D eigenvalue weighted by atomic mass is 9.98. The topological polar surface area (TPSA) is 99.9 Å². The van der Waals surface area contributed by atoms with E-state index in [1.54, 1.807) is 29.4 Å². The molecule has 0 aliphatic carbocycles. The van der Waals surface area contributed by atoms with Crippen molar-refractivity contribution in [3.63, 3.8) is 0 Å². The van der Waals surface area contributed by atoms with Crippen molar-refractivity contribution in [3.05, 3.63) is 48.4 Å². The van der Waals surface area contributed by atoms with Crippen LogP contribution in [-0.4, -0.2) is 44.4 Å². The molecule has 0 unspecified atom stereocenters. The SMILES string of the molecule is O=C(Nc1cn[nH]c1)N1CCC[C@@H](c2nc(-c3ccc(F)cc3)no2)C1. The van der Waals surface area contributed by atoms with Gasteiger partial charge in [0, 0.05) is 24.8 Å². The Hall–Kier alpha value is -3.23. The highest BCUT2D eigenvalue weighted by atomic mass is 19.1. The summed E-state index contributed by atoms with van der Waals surface area (Å²) in [4.78, 5) is 18.5. The third-order valence-corrected chi connectivity index (χ3v) is 4.35. The van der Waals surface area contributed by atoms with Gasteiger partial charge in [0.05, 0.1) is 17.8 Å². The standard InChI is InChI=1S/C17H17FN6O2/c18-13-5-3-11(4-6-13)15-22-16(26-23-15)12-2-1-7-24(10-12)17(25)21-14-8-19-20-9-14/h3-6,8-9,12H,1-2,7,10H2,(H,19,20)(H,21,25)/t12-/m1/s1. The fraction of sp³-hybridized carbons (Fsp3) is 0.294. The van der Waals surface area contributed by atoms with Crippen LogP contribution in [0.25, 0.3) is 11.4 Å². The van der Waals surface area contributed by atoms with E-state index in [2.05, 4.69) is 25.7 Å². The number of nitrogens with one attached hydrogen (secondary N) is 2. The molecular formula is C17H17FN6O2. The van der Waals surface area contributed by atoms with Crippen molar-refractivity contribution in [2.75, 3.05) is 18.4 Å². The Bertz CT molecular complexity index is 877. The summed E-state index contributed by atoms with van der Waals surface area (Å²) in [6, 6.07) is 5.74. The fourth-order valence-corrected chi connectivity index (χ4v) is 3.00. The number of carbonyl (C=O) groups excluding carboxylic acids is 1. The van der Waals surface area contributed by atoms with Gasteiger partial charge in [-0.25, -0.2) is 9.18 Å². The first-order valence-corrected chi connectivity index (χ1v) is 8.33. The first-order chi connectivity index (χ1) is 12.7. The van der Waals surface area contributed by atoms with Crippen LogP contribution in [0.2, 0.25) is 0 Å². The molecule has 2 aromatic heterocycles. The van der Waals surface area contributed by atoms with Crippen LogP contribution >= 0.6 is 0 Å². The number of halogens is 1. The van der Waals surface area contributed by atoms with E-state index in [9.17, 15) is 9.18 Å². The van der Waals surface area contributed by atoms with Gasteiger partial charge in [-0.1, -0.05) is 5.16 Å². The van der Waals surface area contributed by atoms with Crippen molar-refractivity contribution < 1.29 is 13.7 Å². The summed E-state index contributed by atoms with van der Waals surface area (Å²) in [5.74, 6) is 0.565. The Labute approximate surface area is 148 Å². The van der Waals surface area contributed by atoms with Crippen molar-refractivity contribution in [2.45, 2.75) is 18.8 Å². The zero-order valence-corrected chi connectivity index (χ0v) is 13.9. The molecule has 0 saturated carbocycles. The molecule has 8 nitrogen and oxygen atoms in total. The van der Waals surface area contributed by atoms with Crippen LogP contribution in [0.1, 0.15) is 24.7 Å². The van der Waals surface area contributed by atoms with E-state index in [1.807, 2.05) is 0 Å². The molecule has 1 saturated heterocycles. The van der Waals surface area contributed by atoms with Gasteiger partial charge < -0.3 is 14.7 Å². The molecule has 134 valence electrons. The maximum absolute atomic E-state index is 13.0. The number of aromatic nitrogens is 4. The number of nitrogens with zero attached hydrogens (tertiary/aromatic N) is 4. The first-order valence-electron chi connectivity index (χ1n) is 8.33. The van der Waals surface area contributed by atoms with Crippen LogP contribution < -0.4 is 5.32 Å². The largest absolute Gasteiger partial charge is 0.339 e. The molecular weight excluding hydrogens is 339 g/mol. The second kappa shape index (κ2) is 6.95. The predicted octanol–water partition coefficient (Wildman–Crippen LogP) is 3.01. The lowest BCUT2D eigenvalue weighted by Gasteiger charge is -2.30. The van der Waals surface area contributed by atoms with Gasteiger partial charge in [0.2, 0.25) is 11.7 Å². The summed E-state index contributed by atoms with van der Waals surface area (Å²) in [5, 5.41) is 13.2. The molecule has 9 heteroatoms. The van der Waals surface area contributed by atoms with E-state index < -0.39 is 0 Å². The summed E-state index contributed by atoms with van der Waals surface area (Å²) < 4.78 is 18.4. The molecule has 3 aromatic rings. The molecule has 2 amide bonds. The molecule has 1 aliphatic heterocycles. The number of carbonyl (C=O) groups is 1. The van der Waals surface area contributed by atoms with Gasteiger partial charge in [-0.15, -0.1) is 0 Å². The van der Waals surface area contributed by atoms with Crippen molar-refractivity contribution >= 4 is 11.7 Å². The number of hydrogen-bond donors (Lipinski definition) is 2. The lowest BCUT2D eigenvalue weighted by molar-refractivity contribution is 0.184.